The predicted octanol–water partition coefficient (Wildman–Crippen LogP) is 4.64. The van der Waals surface area contributed by atoms with Gasteiger partial charge in [0.05, 0.1) is 0 Å². The lowest BCUT2D eigenvalue weighted by Gasteiger charge is -2.09. The van der Waals surface area contributed by atoms with Crippen LogP contribution < -0.4 is 10.7 Å². The van der Waals surface area contributed by atoms with Gasteiger partial charge < -0.3 is 0 Å². The van der Waals surface area contributed by atoms with Crippen molar-refractivity contribution >= 4 is 40.5 Å². The largest absolute Gasteiger partial charge is 0.289 e. The van der Waals surface area contributed by atoms with E-state index in [2.05, 4.69) is 17.1 Å². The van der Waals surface area contributed by atoms with Gasteiger partial charge in [0.25, 0.3) is 5.82 Å². The third-order valence-corrected chi connectivity index (χ3v) is 5.93. The summed E-state index contributed by atoms with van der Waals surface area (Å²) in [7, 11) is 0. The number of hydrogen-bond donors (Lipinski definition) is 1. The lowest BCUT2D eigenvalue weighted by molar-refractivity contribution is -0.410. The first-order valence-electron chi connectivity index (χ1n) is 7.35. The quantitative estimate of drug-likeness (QED) is 0.645. The minimum atomic E-state index is -0.413. The number of nitrogens with two attached hydrogens (primary N) is 1. The highest BCUT2D eigenvalue weighted by atomic mass is 35.5. The maximum atomic E-state index is 14.0. The number of aromatic nitrogens is 1. The molecule has 0 aliphatic rings. The molecule has 0 saturated carbocycles. The molecule has 0 bridgehead atoms. The molecule has 0 radical (unpaired) electrons. The van der Waals surface area contributed by atoms with Crippen molar-refractivity contribution in [3.63, 3.8) is 0 Å². The zero-order valence-electron chi connectivity index (χ0n) is 13.2. The van der Waals surface area contributed by atoms with Crippen LogP contribution in [0, 0.1) is 28.5 Å². The number of H-pyrrole nitrogens is 1. The maximum Gasteiger partial charge on any atom is 0.289 e. The van der Waals surface area contributed by atoms with Gasteiger partial charge in [-0.05, 0) is 23.6 Å². The van der Waals surface area contributed by atoms with Crippen LogP contribution >= 0.6 is 34.7 Å². The van der Waals surface area contributed by atoms with Crippen LogP contribution in [0.4, 0.5) is 10.2 Å². The van der Waals surface area contributed by atoms with E-state index >= 15 is 0 Å². The first-order chi connectivity index (χ1) is 12.6. The van der Waals surface area contributed by atoms with Gasteiger partial charge in [-0.2, -0.15) is 10.5 Å². The molecule has 0 unspecified atom stereocenters. The minimum Gasteiger partial charge on any atom is -0.286 e. The van der Waals surface area contributed by atoms with Crippen molar-refractivity contribution in [2.45, 2.75) is 10.8 Å². The molecule has 0 aliphatic heterocycles. The van der Waals surface area contributed by atoms with Crippen LogP contribution in [0.1, 0.15) is 16.7 Å². The fourth-order valence-electron chi connectivity index (χ4n) is 2.43. The third kappa shape index (κ3) is 3.38. The number of benzene rings is 1. The van der Waals surface area contributed by atoms with E-state index in [4.69, 9.17) is 17.3 Å². The summed E-state index contributed by atoms with van der Waals surface area (Å²) < 4.78 is 14.0. The molecule has 3 rings (SSSR count). The van der Waals surface area contributed by atoms with E-state index in [0.29, 0.717) is 26.7 Å². The molecule has 128 valence electrons. The summed E-state index contributed by atoms with van der Waals surface area (Å²) >= 11 is 8.69. The number of hydrogen-bond acceptors (Lipinski definition) is 5. The maximum absolute atomic E-state index is 14.0. The van der Waals surface area contributed by atoms with Gasteiger partial charge >= 0.3 is 0 Å². The Labute approximate surface area is 162 Å². The summed E-state index contributed by atoms with van der Waals surface area (Å²) in [6.45, 7) is 0. The topological polar surface area (TPSA) is 87.7 Å². The Balaban J connectivity index is 2.09. The molecule has 3 aromatic rings. The van der Waals surface area contributed by atoms with E-state index < -0.39 is 5.82 Å². The number of nitrogen functional groups attached to an aromatic ring is 1. The number of thiophene rings is 1. The van der Waals surface area contributed by atoms with Gasteiger partial charge in [0.1, 0.15) is 23.5 Å². The number of nitrogens with zero attached hydrogens (tertiary/aromatic N) is 2. The smallest absolute Gasteiger partial charge is 0.286 e. The second-order valence-corrected chi connectivity index (χ2v) is 7.52. The van der Waals surface area contributed by atoms with Crippen LogP contribution in [0.3, 0.4) is 0 Å². The number of nitrogens with one attached hydrogen (secondary N) is 1. The normalized spacial score (nSPS) is 10.3. The number of nitriles is 2. The van der Waals surface area contributed by atoms with Gasteiger partial charge in [0.2, 0.25) is 0 Å². The van der Waals surface area contributed by atoms with Gasteiger partial charge in [-0.15, -0.1) is 11.3 Å². The fraction of sp³-hybridized carbons (Fsp3) is 0.0556. The zero-order chi connectivity index (χ0) is 18.7. The molecule has 4 nitrogen and oxygen atoms in total. The number of anilines is 1. The van der Waals surface area contributed by atoms with Crippen molar-refractivity contribution in [2.24, 2.45) is 0 Å². The second-order valence-electron chi connectivity index (χ2n) is 5.18. The Kier molecular flexibility index (Phi) is 5.43. The molecule has 2 heterocycles. The molecule has 0 spiro atoms. The standard InChI is InChI=1S/C18H10ClFN4S2/c19-13-3-1-4-14(20)12(13)9-26-18-11(8-22)16(15-5-2-6-25-15)10(7-21)17(23)24-18/h1-6H,9H2,(H2,23,24)/p+1. The number of pyridine rings is 1. The lowest BCUT2D eigenvalue weighted by atomic mass is 10.0. The van der Waals surface area contributed by atoms with Crippen LogP contribution in [0.25, 0.3) is 10.4 Å². The van der Waals surface area contributed by atoms with Gasteiger partial charge in [-0.1, -0.05) is 35.5 Å². The van der Waals surface area contributed by atoms with Crippen LogP contribution in [0.2, 0.25) is 5.02 Å². The molecule has 0 atom stereocenters. The summed E-state index contributed by atoms with van der Waals surface area (Å²) in [6.07, 6.45) is 0. The Morgan fingerprint density at radius 3 is 2.58 bits per heavy atom. The van der Waals surface area contributed by atoms with Crippen LogP contribution in [-0.2, 0) is 5.75 Å². The Morgan fingerprint density at radius 2 is 1.96 bits per heavy atom. The highest BCUT2D eigenvalue weighted by Crippen LogP contribution is 2.37. The Bertz CT molecular complexity index is 1030. The fourth-order valence-corrected chi connectivity index (χ4v) is 4.58. The van der Waals surface area contributed by atoms with E-state index in [1.807, 2.05) is 17.5 Å². The Hall–Kier alpha value is -2.58. The molecule has 0 amide bonds. The molecule has 0 aliphatic carbocycles. The summed E-state index contributed by atoms with van der Waals surface area (Å²) in [5, 5.41) is 21.8. The van der Waals surface area contributed by atoms with Crippen molar-refractivity contribution in [2.75, 3.05) is 5.73 Å². The van der Waals surface area contributed by atoms with Gasteiger partial charge in [0, 0.05) is 26.8 Å². The molecular weight excluding hydrogens is 391 g/mol. The van der Waals surface area contributed by atoms with Crippen LogP contribution in [0.5, 0.6) is 0 Å². The van der Waals surface area contributed by atoms with Crippen molar-refractivity contribution in [1.82, 2.24) is 0 Å². The molecule has 1 aromatic carbocycles. The van der Waals surface area contributed by atoms with Crippen molar-refractivity contribution in [3.8, 4) is 22.6 Å². The second kappa shape index (κ2) is 7.76. The van der Waals surface area contributed by atoms with E-state index in [1.165, 1.54) is 35.2 Å². The Morgan fingerprint density at radius 1 is 1.19 bits per heavy atom. The van der Waals surface area contributed by atoms with Crippen LogP contribution in [-0.4, -0.2) is 0 Å². The van der Waals surface area contributed by atoms with Crippen molar-refractivity contribution in [1.29, 1.82) is 10.5 Å². The first kappa shape index (κ1) is 18.2. The predicted molar refractivity (Wildman–Crippen MR) is 101 cm³/mol. The van der Waals surface area contributed by atoms with Gasteiger partial charge in [-0.25, -0.2) is 9.37 Å². The van der Waals surface area contributed by atoms with Crippen molar-refractivity contribution < 1.29 is 9.37 Å². The SMILES string of the molecule is N#Cc1c(N)[nH+]c(SCc2c(F)cccc2Cl)c(C#N)c1-c1cccs1. The average Bonchev–Trinajstić information content (AvgIpc) is 3.15. The number of halogens is 2. The van der Waals surface area contributed by atoms with Gasteiger partial charge in [-0.3, -0.25) is 5.73 Å². The summed E-state index contributed by atoms with van der Waals surface area (Å²) in [5.41, 5.74) is 7.35. The van der Waals surface area contributed by atoms with E-state index in [1.54, 1.807) is 6.07 Å². The van der Waals surface area contributed by atoms with E-state index in [-0.39, 0.29) is 17.1 Å². The molecular formula is C18H11ClFN4S2+. The molecule has 0 saturated heterocycles. The average molecular weight is 402 g/mol. The molecule has 8 heteroatoms. The molecule has 3 N–H and O–H groups in total. The number of rotatable bonds is 4. The summed E-state index contributed by atoms with van der Waals surface area (Å²) in [4.78, 5) is 3.66. The number of thioether (sulfide) groups is 1. The highest BCUT2D eigenvalue weighted by Gasteiger charge is 2.24. The minimum absolute atomic E-state index is 0.164. The monoisotopic (exact) mass is 401 g/mol. The molecule has 26 heavy (non-hydrogen) atoms. The van der Waals surface area contributed by atoms with E-state index in [9.17, 15) is 14.9 Å². The molecule has 0 fully saturated rings. The summed E-state index contributed by atoms with van der Waals surface area (Å²) in [6, 6.07) is 12.3. The van der Waals surface area contributed by atoms with Gasteiger partial charge in [0.15, 0.2) is 10.6 Å². The highest BCUT2D eigenvalue weighted by molar-refractivity contribution is 7.98. The lowest BCUT2D eigenvalue weighted by Crippen LogP contribution is -2.18. The zero-order valence-corrected chi connectivity index (χ0v) is 15.6. The number of aromatic amines is 1. The third-order valence-electron chi connectivity index (χ3n) is 3.66. The van der Waals surface area contributed by atoms with Crippen LogP contribution in [0.15, 0.2) is 40.7 Å². The first-order valence-corrected chi connectivity index (χ1v) is 9.59. The van der Waals surface area contributed by atoms with Crippen molar-refractivity contribution in [3.05, 3.63) is 63.2 Å². The summed E-state index contributed by atoms with van der Waals surface area (Å²) in [5.74, 6) is -0.0352. The molecule has 2 aromatic heterocycles. The van der Waals surface area contributed by atoms with E-state index in [0.717, 1.165) is 4.88 Å².